The summed E-state index contributed by atoms with van der Waals surface area (Å²) in [6, 6.07) is 0. The fraction of sp³-hybridized carbons (Fsp3) is 0.385. The number of amides is 1. The second-order valence-corrected chi connectivity index (χ2v) is 5.51. The van der Waals surface area contributed by atoms with Gasteiger partial charge in [0, 0.05) is 7.11 Å². The Bertz CT molecular complexity index is 780. The van der Waals surface area contributed by atoms with E-state index in [9.17, 15) is 14.4 Å². The van der Waals surface area contributed by atoms with Gasteiger partial charge < -0.3 is 15.2 Å². The third-order valence-electron chi connectivity index (χ3n) is 2.95. The van der Waals surface area contributed by atoms with Crippen molar-refractivity contribution in [2.24, 2.45) is 5.73 Å². The van der Waals surface area contributed by atoms with E-state index >= 15 is 0 Å². The lowest BCUT2D eigenvalue weighted by Gasteiger charge is -2.03. The largest absolute Gasteiger partial charge is 0.459 e. The molecule has 2 aromatic rings. The summed E-state index contributed by atoms with van der Waals surface area (Å²) in [4.78, 5) is 40.1. The van der Waals surface area contributed by atoms with Gasteiger partial charge >= 0.3 is 5.97 Å². The summed E-state index contributed by atoms with van der Waals surface area (Å²) in [5.41, 5.74) is 5.16. The van der Waals surface area contributed by atoms with Crippen molar-refractivity contribution < 1.29 is 19.1 Å². The van der Waals surface area contributed by atoms with Gasteiger partial charge in [-0.15, -0.1) is 11.3 Å². The highest BCUT2D eigenvalue weighted by Crippen LogP contribution is 2.27. The lowest BCUT2D eigenvalue weighted by atomic mass is 10.2. The van der Waals surface area contributed by atoms with Crippen LogP contribution in [0.2, 0.25) is 0 Å². The number of ether oxygens (including phenoxy) is 2. The SMILES string of the molecule is COCCOC(=O)c1sc2ncn(CC(N)=O)c(=O)c2c1C. The Morgan fingerprint density at radius 1 is 1.41 bits per heavy atom. The zero-order chi connectivity index (χ0) is 16.3. The first-order valence-corrected chi connectivity index (χ1v) is 7.20. The molecule has 0 bridgehead atoms. The summed E-state index contributed by atoms with van der Waals surface area (Å²) in [6.07, 6.45) is 1.24. The van der Waals surface area contributed by atoms with Crippen LogP contribution >= 0.6 is 11.3 Å². The number of esters is 1. The van der Waals surface area contributed by atoms with E-state index in [1.807, 2.05) is 0 Å². The molecule has 2 heterocycles. The highest BCUT2D eigenvalue weighted by atomic mass is 32.1. The molecular formula is C13H15N3O5S. The summed E-state index contributed by atoms with van der Waals surface area (Å²) in [5, 5.41) is 0.299. The minimum Gasteiger partial charge on any atom is -0.459 e. The summed E-state index contributed by atoms with van der Waals surface area (Å²) in [7, 11) is 1.50. The molecule has 0 saturated carbocycles. The quantitative estimate of drug-likeness (QED) is 0.593. The van der Waals surface area contributed by atoms with Crippen molar-refractivity contribution in [3.63, 3.8) is 0 Å². The molecule has 0 unspecified atom stereocenters. The highest BCUT2D eigenvalue weighted by molar-refractivity contribution is 7.20. The van der Waals surface area contributed by atoms with Crippen LogP contribution in [0.3, 0.4) is 0 Å². The maximum absolute atomic E-state index is 12.3. The number of aromatic nitrogens is 2. The number of carbonyl (C=O) groups excluding carboxylic acids is 2. The van der Waals surface area contributed by atoms with Crippen molar-refractivity contribution in [3.8, 4) is 0 Å². The second-order valence-electron chi connectivity index (χ2n) is 4.51. The summed E-state index contributed by atoms with van der Waals surface area (Å²) in [5.74, 6) is -1.17. The molecule has 2 N–H and O–H groups in total. The summed E-state index contributed by atoms with van der Waals surface area (Å²) < 4.78 is 11.0. The van der Waals surface area contributed by atoms with Crippen LogP contribution in [0, 0.1) is 6.92 Å². The van der Waals surface area contributed by atoms with E-state index < -0.39 is 17.4 Å². The van der Waals surface area contributed by atoms with Crippen molar-refractivity contribution in [2.45, 2.75) is 13.5 Å². The highest BCUT2D eigenvalue weighted by Gasteiger charge is 2.20. The first-order chi connectivity index (χ1) is 10.5. The van der Waals surface area contributed by atoms with Crippen molar-refractivity contribution in [1.29, 1.82) is 0 Å². The van der Waals surface area contributed by atoms with Gasteiger partial charge in [0.2, 0.25) is 5.91 Å². The third-order valence-corrected chi connectivity index (χ3v) is 4.13. The van der Waals surface area contributed by atoms with Gasteiger partial charge in [-0.1, -0.05) is 0 Å². The van der Waals surface area contributed by atoms with Gasteiger partial charge in [0.1, 0.15) is 22.9 Å². The smallest absolute Gasteiger partial charge is 0.348 e. The van der Waals surface area contributed by atoms with Crippen LogP contribution in [0.15, 0.2) is 11.1 Å². The molecule has 8 nitrogen and oxygen atoms in total. The fourth-order valence-corrected chi connectivity index (χ4v) is 2.95. The number of rotatable bonds is 6. The van der Waals surface area contributed by atoms with Gasteiger partial charge in [-0.25, -0.2) is 9.78 Å². The van der Waals surface area contributed by atoms with Crippen LogP contribution in [-0.2, 0) is 20.8 Å². The Labute approximate surface area is 129 Å². The molecule has 1 amide bonds. The molecule has 0 fully saturated rings. The Hall–Kier alpha value is -2.26. The van der Waals surface area contributed by atoms with E-state index in [0.29, 0.717) is 27.3 Å². The molecule has 0 aliphatic carbocycles. The number of thiophene rings is 1. The van der Waals surface area contributed by atoms with Crippen molar-refractivity contribution >= 4 is 33.4 Å². The van der Waals surface area contributed by atoms with Gasteiger partial charge in [0.05, 0.1) is 18.3 Å². The van der Waals surface area contributed by atoms with E-state index in [4.69, 9.17) is 15.2 Å². The van der Waals surface area contributed by atoms with Crippen LogP contribution in [0.5, 0.6) is 0 Å². The van der Waals surface area contributed by atoms with E-state index in [1.54, 1.807) is 6.92 Å². The predicted octanol–water partition coefficient (Wildman–Crippen LogP) is 0.0549. The second kappa shape index (κ2) is 6.67. The van der Waals surface area contributed by atoms with Crippen molar-refractivity contribution in [1.82, 2.24) is 9.55 Å². The molecule has 0 aliphatic rings. The van der Waals surface area contributed by atoms with Crippen molar-refractivity contribution in [3.05, 3.63) is 27.1 Å². The van der Waals surface area contributed by atoms with Gasteiger partial charge in [0.25, 0.3) is 5.56 Å². The monoisotopic (exact) mass is 325 g/mol. The van der Waals surface area contributed by atoms with Crippen LogP contribution < -0.4 is 11.3 Å². The average molecular weight is 325 g/mol. The molecule has 0 saturated heterocycles. The molecule has 22 heavy (non-hydrogen) atoms. The van der Waals surface area contributed by atoms with E-state index in [-0.39, 0.29) is 13.2 Å². The summed E-state index contributed by atoms with van der Waals surface area (Å²) >= 11 is 1.08. The van der Waals surface area contributed by atoms with E-state index in [1.165, 1.54) is 13.4 Å². The molecule has 2 rings (SSSR count). The Morgan fingerprint density at radius 2 is 2.14 bits per heavy atom. The molecule has 0 atom stereocenters. The molecule has 0 radical (unpaired) electrons. The van der Waals surface area contributed by atoms with Crippen LogP contribution in [0.1, 0.15) is 15.2 Å². The van der Waals surface area contributed by atoms with E-state index in [0.717, 1.165) is 15.9 Å². The van der Waals surface area contributed by atoms with Gasteiger partial charge in [-0.05, 0) is 12.5 Å². The first-order valence-electron chi connectivity index (χ1n) is 6.38. The minimum absolute atomic E-state index is 0.127. The van der Waals surface area contributed by atoms with Gasteiger partial charge in [0.15, 0.2) is 0 Å². The molecule has 2 aromatic heterocycles. The number of hydrogen-bond acceptors (Lipinski definition) is 7. The molecule has 9 heteroatoms. The van der Waals surface area contributed by atoms with Gasteiger partial charge in [-0.3, -0.25) is 14.2 Å². The van der Waals surface area contributed by atoms with Crippen molar-refractivity contribution in [2.75, 3.05) is 20.3 Å². The molecule has 0 aliphatic heterocycles. The zero-order valence-electron chi connectivity index (χ0n) is 12.1. The van der Waals surface area contributed by atoms with Crippen LogP contribution in [-0.4, -0.2) is 41.8 Å². The lowest BCUT2D eigenvalue weighted by molar-refractivity contribution is -0.118. The van der Waals surface area contributed by atoms with Gasteiger partial charge in [-0.2, -0.15) is 0 Å². The average Bonchev–Trinajstić information content (AvgIpc) is 2.80. The Balaban J connectivity index is 2.41. The molecule has 118 valence electrons. The Kier molecular flexibility index (Phi) is 4.88. The molecular weight excluding hydrogens is 310 g/mol. The predicted molar refractivity (Wildman–Crippen MR) is 80.0 cm³/mol. The normalized spacial score (nSPS) is 10.8. The molecule has 0 spiro atoms. The lowest BCUT2D eigenvalue weighted by Crippen LogP contribution is -2.28. The topological polar surface area (TPSA) is 114 Å². The van der Waals surface area contributed by atoms with Crippen LogP contribution in [0.25, 0.3) is 10.2 Å². The van der Waals surface area contributed by atoms with E-state index in [2.05, 4.69) is 4.98 Å². The number of aryl methyl sites for hydroxylation is 1. The minimum atomic E-state index is -0.643. The Morgan fingerprint density at radius 3 is 2.77 bits per heavy atom. The standard InChI is InChI=1S/C13H15N3O5S/c1-7-9-11(15-6-16(12(9)18)5-8(14)17)22-10(7)13(19)21-4-3-20-2/h6H,3-5H2,1-2H3,(H2,14,17). The number of nitrogens with two attached hydrogens (primary N) is 1. The number of hydrogen-bond donors (Lipinski definition) is 1. The number of methoxy groups -OCH3 is 1. The number of fused-ring (bicyclic) bond motifs is 1. The zero-order valence-corrected chi connectivity index (χ0v) is 12.9. The van der Waals surface area contributed by atoms with Crippen LogP contribution in [0.4, 0.5) is 0 Å². The number of primary amides is 1. The number of carbonyl (C=O) groups is 2. The maximum atomic E-state index is 12.3. The first kappa shape index (κ1) is 16.1. The number of nitrogens with zero attached hydrogens (tertiary/aromatic N) is 2. The summed E-state index contributed by atoms with van der Waals surface area (Å²) in [6.45, 7) is 1.80. The third kappa shape index (κ3) is 3.15. The fourth-order valence-electron chi connectivity index (χ4n) is 1.92. The maximum Gasteiger partial charge on any atom is 0.348 e. The molecule has 0 aromatic carbocycles.